The molecule has 0 saturated carbocycles. The van der Waals surface area contributed by atoms with Crippen molar-refractivity contribution in [2.24, 2.45) is 5.92 Å². The molecule has 0 radical (unpaired) electrons. The Morgan fingerprint density at radius 3 is 2.69 bits per heavy atom. The van der Waals surface area contributed by atoms with Gasteiger partial charge in [-0.25, -0.2) is 4.98 Å². The fourth-order valence-corrected chi connectivity index (χ4v) is 3.70. The van der Waals surface area contributed by atoms with Gasteiger partial charge < -0.3 is 5.32 Å². The van der Waals surface area contributed by atoms with E-state index in [4.69, 9.17) is 0 Å². The maximum atomic E-state index is 4.46. The van der Waals surface area contributed by atoms with Crippen molar-refractivity contribution < 1.29 is 0 Å². The second-order valence-corrected chi connectivity index (χ2v) is 5.88. The van der Waals surface area contributed by atoms with E-state index in [1.54, 1.807) is 11.3 Å². The fraction of sp³-hybridized carbons (Fsp3) is 0.700. The average Bonchev–Trinajstić information content (AvgIpc) is 2.63. The van der Waals surface area contributed by atoms with Crippen molar-refractivity contribution in [3.63, 3.8) is 0 Å². The molecular weight excluding hydrogens is 283 g/mol. The van der Waals surface area contributed by atoms with E-state index >= 15 is 0 Å². The van der Waals surface area contributed by atoms with Crippen LogP contribution in [0.2, 0.25) is 0 Å². The Balaban J connectivity index is 0.00000112. The molecule has 16 heavy (non-hydrogen) atoms. The van der Waals surface area contributed by atoms with Crippen LogP contribution in [0.25, 0.3) is 0 Å². The summed E-state index contributed by atoms with van der Waals surface area (Å²) in [5, 5.41) is 5.52. The van der Waals surface area contributed by atoms with E-state index in [-0.39, 0.29) is 24.8 Å². The zero-order valence-electron chi connectivity index (χ0n) is 9.27. The van der Waals surface area contributed by atoms with Gasteiger partial charge in [0, 0.05) is 16.8 Å². The molecule has 0 atom stereocenters. The number of thiazole rings is 1. The number of aromatic nitrogens is 1. The largest absolute Gasteiger partial charge is 0.317 e. The average molecular weight is 301 g/mol. The summed E-state index contributed by atoms with van der Waals surface area (Å²) in [6.45, 7) is 4.45. The summed E-state index contributed by atoms with van der Waals surface area (Å²) in [6.07, 6.45) is 2.66. The molecule has 2 nitrogen and oxygen atoms in total. The molecule has 2 rings (SSSR count). The summed E-state index contributed by atoms with van der Waals surface area (Å²) < 4.78 is 1.24. The summed E-state index contributed by atoms with van der Waals surface area (Å²) in [4.78, 5) is 4.46. The quantitative estimate of drug-likeness (QED) is 0.866. The molecule has 0 spiro atoms. The molecule has 94 valence electrons. The molecule has 6 heteroatoms. The van der Waals surface area contributed by atoms with Crippen molar-refractivity contribution in [3.05, 3.63) is 11.1 Å². The van der Waals surface area contributed by atoms with E-state index in [0.717, 1.165) is 11.6 Å². The Bertz CT molecular complexity index is 288. The Morgan fingerprint density at radius 2 is 2.12 bits per heavy atom. The molecule has 1 aromatic heterocycles. The highest BCUT2D eigenvalue weighted by Gasteiger charge is 2.13. The van der Waals surface area contributed by atoms with E-state index < -0.39 is 0 Å². The lowest BCUT2D eigenvalue weighted by Gasteiger charge is -2.21. The SMILES string of the molecule is Cc1csc(SCC2CCNCC2)n1.Cl.Cl. The third kappa shape index (κ3) is 5.23. The van der Waals surface area contributed by atoms with Crippen molar-refractivity contribution in [3.8, 4) is 0 Å². The first-order valence-electron chi connectivity index (χ1n) is 5.10. The summed E-state index contributed by atoms with van der Waals surface area (Å²) in [6, 6.07) is 0. The van der Waals surface area contributed by atoms with Crippen LogP contribution in [-0.4, -0.2) is 23.8 Å². The first-order chi connectivity index (χ1) is 6.84. The minimum Gasteiger partial charge on any atom is -0.317 e. The molecule has 0 bridgehead atoms. The molecule has 0 unspecified atom stereocenters. The number of nitrogens with one attached hydrogen (secondary N) is 1. The third-order valence-electron chi connectivity index (χ3n) is 2.50. The zero-order chi connectivity index (χ0) is 9.80. The van der Waals surface area contributed by atoms with E-state index in [1.165, 1.54) is 36.0 Å². The second kappa shape index (κ2) is 8.59. The molecule has 1 N–H and O–H groups in total. The van der Waals surface area contributed by atoms with E-state index in [1.807, 2.05) is 11.8 Å². The van der Waals surface area contributed by atoms with Gasteiger partial charge in [0.05, 0.1) is 0 Å². The van der Waals surface area contributed by atoms with Crippen LogP contribution in [0.4, 0.5) is 0 Å². The normalized spacial score (nSPS) is 16.3. The van der Waals surface area contributed by atoms with E-state index in [9.17, 15) is 0 Å². The third-order valence-corrected chi connectivity index (χ3v) is 4.87. The van der Waals surface area contributed by atoms with Gasteiger partial charge in [-0.2, -0.15) is 0 Å². The monoisotopic (exact) mass is 300 g/mol. The summed E-state index contributed by atoms with van der Waals surface area (Å²) >= 11 is 3.70. The molecule has 0 aliphatic carbocycles. The van der Waals surface area contributed by atoms with Crippen LogP contribution in [0.15, 0.2) is 9.72 Å². The molecule has 1 aromatic rings. The summed E-state index contributed by atoms with van der Waals surface area (Å²) in [5.41, 5.74) is 1.16. The lowest BCUT2D eigenvalue weighted by molar-refractivity contribution is 0.408. The molecule has 1 fully saturated rings. The van der Waals surface area contributed by atoms with Gasteiger partial charge in [-0.1, -0.05) is 11.8 Å². The number of hydrogen-bond acceptors (Lipinski definition) is 4. The van der Waals surface area contributed by atoms with Crippen LogP contribution in [0.1, 0.15) is 18.5 Å². The van der Waals surface area contributed by atoms with Gasteiger partial charge in [0.15, 0.2) is 0 Å². The minimum atomic E-state index is 0. The van der Waals surface area contributed by atoms with Gasteiger partial charge in [-0.05, 0) is 38.8 Å². The lowest BCUT2D eigenvalue weighted by Crippen LogP contribution is -2.28. The number of piperidine rings is 1. The van der Waals surface area contributed by atoms with Gasteiger partial charge >= 0.3 is 0 Å². The topological polar surface area (TPSA) is 24.9 Å². The maximum Gasteiger partial charge on any atom is 0.150 e. The minimum absolute atomic E-state index is 0. The first kappa shape index (κ1) is 16.5. The maximum absolute atomic E-state index is 4.46. The Kier molecular flexibility index (Phi) is 8.87. The van der Waals surface area contributed by atoms with E-state index in [2.05, 4.69) is 22.6 Å². The number of hydrogen-bond donors (Lipinski definition) is 1. The molecule has 2 heterocycles. The Morgan fingerprint density at radius 1 is 1.44 bits per heavy atom. The first-order valence-corrected chi connectivity index (χ1v) is 6.97. The van der Waals surface area contributed by atoms with Crippen molar-refractivity contribution in [2.45, 2.75) is 24.1 Å². The highest BCUT2D eigenvalue weighted by Crippen LogP contribution is 2.27. The van der Waals surface area contributed by atoms with Crippen molar-refractivity contribution in [1.29, 1.82) is 0 Å². The molecule has 0 amide bonds. The number of aryl methyl sites for hydroxylation is 1. The second-order valence-electron chi connectivity index (χ2n) is 3.76. The standard InChI is InChI=1S/C10H16N2S2.2ClH/c1-8-6-13-10(12-8)14-7-9-2-4-11-5-3-9;;/h6,9,11H,2-5,7H2,1H3;2*1H. The molecule has 0 aromatic carbocycles. The Labute approximate surface area is 118 Å². The smallest absolute Gasteiger partial charge is 0.150 e. The molecule has 1 saturated heterocycles. The van der Waals surface area contributed by atoms with Gasteiger partial charge in [0.2, 0.25) is 0 Å². The van der Waals surface area contributed by atoms with Gasteiger partial charge in [0.1, 0.15) is 4.34 Å². The van der Waals surface area contributed by atoms with Crippen LogP contribution in [-0.2, 0) is 0 Å². The van der Waals surface area contributed by atoms with E-state index in [0.29, 0.717) is 0 Å². The highest BCUT2D eigenvalue weighted by molar-refractivity contribution is 8.01. The van der Waals surface area contributed by atoms with Crippen LogP contribution in [0, 0.1) is 12.8 Å². The van der Waals surface area contributed by atoms with Crippen LogP contribution >= 0.6 is 47.9 Å². The van der Waals surface area contributed by atoms with Gasteiger partial charge in [0.25, 0.3) is 0 Å². The highest BCUT2D eigenvalue weighted by atomic mass is 35.5. The predicted octanol–water partition coefficient (Wildman–Crippen LogP) is 3.39. The van der Waals surface area contributed by atoms with Gasteiger partial charge in [-0.3, -0.25) is 0 Å². The molecular formula is C10H18Cl2N2S2. The molecule has 1 aliphatic rings. The molecule has 1 aliphatic heterocycles. The zero-order valence-corrected chi connectivity index (χ0v) is 12.5. The van der Waals surface area contributed by atoms with Crippen LogP contribution in [0.3, 0.4) is 0 Å². The summed E-state index contributed by atoms with van der Waals surface area (Å²) in [5.74, 6) is 2.14. The fourth-order valence-electron chi connectivity index (χ4n) is 1.64. The summed E-state index contributed by atoms with van der Waals surface area (Å²) in [7, 11) is 0. The number of halogens is 2. The van der Waals surface area contributed by atoms with Crippen LogP contribution < -0.4 is 5.32 Å². The van der Waals surface area contributed by atoms with Crippen molar-refractivity contribution >= 4 is 47.9 Å². The number of rotatable bonds is 3. The van der Waals surface area contributed by atoms with Gasteiger partial charge in [-0.15, -0.1) is 36.2 Å². The van der Waals surface area contributed by atoms with Crippen LogP contribution in [0.5, 0.6) is 0 Å². The number of nitrogens with zero attached hydrogens (tertiary/aromatic N) is 1. The number of thioether (sulfide) groups is 1. The van der Waals surface area contributed by atoms with Crippen molar-refractivity contribution in [2.75, 3.05) is 18.8 Å². The Hall–Kier alpha value is 0.520. The lowest BCUT2D eigenvalue weighted by atomic mass is 10.0. The predicted molar refractivity (Wildman–Crippen MR) is 77.7 cm³/mol. The van der Waals surface area contributed by atoms with Crippen molar-refractivity contribution in [1.82, 2.24) is 10.3 Å².